The van der Waals surface area contributed by atoms with E-state index in [1.165, 1.54) is 41.4 Å². The van der Waals surface area contributed by atoms with E-state index in [4.69, 9.17) is 11.6 Å². The lowest BCUT2D eigenvalue weighted by Crippen LogP contribution is -2.51. The van der Waals surface area contributed by atoms with Gasteiger partial charge in [0.2, 0.25) is 0 Å². The Hall–Kier alpha value is -3.25. The molecule has 0 saturated heterocycles. The van der Waals surface area contributed by atoms with E-state index in [2.05, 4.69) is 10.3 Å². The molecule has 6 nitrogen and oxygen atoms in total. The van der Waals surface area contributed by atoms with Gasteiger partial charge < -0.3 is 5.32 Å². The number of urea groups is 1. The first-order valence-corrected chi connectivity index (χ1v) is 10.7. The van der Waals surface area contributed by atoms with Gasteiger partial charge in [-0.15, -0.1) is 11.3 Å². The van der Waals surface area contributed by atoms with Crippen LogP contribution >= 0.6 is 22.9 Å². The third kappa shape index (κ3) is 5.81. The molecule has 180 valence electrons. The van der Waals surface area contributed by atoms with Crippen LogP contribution < -0.4 is 16.2 Å². The molecule has 1 aromatic carbocycles. The Kier molecular flexibility index (Phi) is 7.41. The number of thiophene rings is 1. The molecule has 0 fully saturated rings. The summed E-state index contributed by atoms with van der Waals surface area (Å²) in [5.74, 6) is -3.84. The standard InChI is InChI=1S/C21H16ClF5N4O2S/c1-9-3-4-16(34-9)17-13(6-12(22)7-14(17)23)11-5-15(24)18(28-8-11)10(2)29-20(33)31-30-19(32)21(25,26)27/h3-8,10H,1-2H3,(H,30,32)(H2,29,31,33)/t10-/m1/s1. The molecule has 0 saturated carbocycles. The van der Waals surface area contributed by atoms with Gasteiger partial charge in [0.15, 0.2) is 0 Å². The van der Waals surface area contributed by atoms with Crippen molar-refractivity contribution in [2.24, 2.45) is 0 Å². The molecule has 0 aliphatic carbocycles. The van der Waals surface area contributed by atoms with Crippen LogP contribution in [0.25, 0.3) is 21.6 Å². The van der Waals surface area contributed by atoms with Crippen molar-refractivity contribution in [2.75, 3.05) is 0 Å². The van der Waals surface area contributed by atoms with E-state index in [1.54, 1.807) is 6.07 Å². The maximum atomic E-state index is 14.9. The van der Waals surface area contributed by atoms with Crippen LogP contribution in [-0.4, -0.2) is 23.1 Å². The number of halogens is 6. The van der Waals surface area contributed by atoms with Gasteiger partial charge >= 0.3 is 18.1 Å². The number of hydrogen-bond acceptors (Lipinski definition) is 4. The van der Waals surface area contributed by atoms with Crippen LogP contribution in [-0.2, 0) is 4.79 Å². The van der Waals surface area contributed by atoms with Crippen LogP contribution in [0.2, 0.25) is 5.02 Å². The molecule has 2 aromatic heterocycles. The van der Waals surface area contributed by atoms with Gasteiger partial charge in [-0.3, -0.25) is 15.2 Å². The molecule has 0 bridgehead atoms. The molecule has 34 heavy (non-hydrogen) atoms. The van der Waals surface area contributed by atoms with E-state index < -0.39 is 35.8 Å². The summed E-state index contributed by atoms with van der Waals surface area (Å²) < 4.78 is 66.2. The number of nitrogens with one attached hydrogen (secondary N) is 3. The topological polar surface area (TPSA) is 83.1 Å². The molecule has 0 unspecified atom stereocenters. The number of amides is 3. The summed E-state index contributed by atoms with van der Waals surface area (Å²) in [6.45, 7) is 3.19. The zero-order valence-corrected chi connectivity index (χ0v) is 19.1. The molecular weight excluding hydrogens is 503 g/mol. The lowest BCUT2D eigenvalue weighted by atomic mass is 9.98. The first-order valence-electron chi connectivity index (χ1n) is 9.52. The fourth-order valence-corrected chi connectivity index (χ4v) is 4.15. The van der Waals surface area contributed by atoms with Crippen molar-refractivity contribution in [3.8, 4) is 21.6 Å². The quantitative estimate of drug-likeness (QED) is 0.307. The zero-order valence-electron chi connectivity index (χ0n) is 17.5. The number of hydrazine groups is 1. The molecule has 3 N–H and O–H groups in total. The molecule has 1 atom stereocenters. The van der Waals surface area contributed by atoms with Crippen molar-refractivity contribution < 1.29 is 31.5 Å². The summed E-state index contributed by atoms with van der Waals surface area (Å²) >= 11 is 7.36. The number of hydrogen-bond donors (Lipinski definition) is 3. The van der Waals surface area contributed by atoms with E-state index in [1.807, 2.05) is 13.0 Å². The van der Waals surface area contributed by atoms with Crippen LogP contribution in [0.4, 0.5) is 26.7 Å². The fraction of sp³-hybridized carbons (Fsp3) is 0.190. The van der Waals surface area contributed by atoms with Crippen molar-refractivity contribution in [3.63, 3.8) is 0 Å². The Morgan fingerprint density at radius 2 is 1.79 bits per heavy atom. The van der Waals surface area contributed by atoms with Gasteiger partial charge in [-0.2, -0.15) is 13.2 Å². The number of benzene rings is 1. The van der Waals surface area contributed by atoms with E-state index in [0.717, 1.165) is 17.0 Å². The lowest BCUT2D eigenvalue weighted by Gasteiger charge is -2.17. The maximum absolute atomic E-state index is 14.9. The number of pyridine rings is 1. The summed E-state index contributed by atoms with van der Waals surface area (Å²) in [6, 6.07) is 4.94. The average Bonchev–Trinajstić information content (AvgIpc) is 3.16. The van der Waals surface area contributed by atoms with E-state index >= 15 is 0 Å². The predicted octanol–water partition coefficient (Wildman–Crippen LogP) is 5.67. The molecule has 3 rings (SSSR count). The largest absolute Gasteiger partial charge is 0.472 e. The van der Waals surface area contributed by atoms with Crippen LogP contribution in [0.3, 0.4) is 0 Å². The maximum Gasteiger partial charge on any atom is 0.472 e. The van der Waals surface area contributed by atoms with Crippen molar-refractivity contribution in [3.05, 3.63) is 63.8 Å². The summed E-state index contributed by atoms with van der Waals surface area (Å²) in [4.78, 5) is 28.0. The second-order valence-corrected chi connectivity index (χ2v) is 8.81. The van der Waals surface area contributed by atoms with E-state index in [9.17, 15) is 31.5 Å². The molecule has 0 aliphatic rings. The van der Waals surface area contributed by atoms with Gasteiger partial charge in [-0.05, 0) is 49.7 Å². The summed E-state index contributed by atoms with van der Waals surface area (Å²) in [5.41, 5.74) is 3.19. The van der Waals surface area contributed by atoms with Crippen LogP contribution in [0.5, 0.6) is 0 Å². The monoisotopic (exact) mass is 518 g/mol. The van der Waals surface area contributed by atoms with Gasteiger partial charge in [0.25, 0.3) is 0 Å². The van der Waals surface area contributed by atoms with Crippen LogP contribution in [0, 0.1) is 18.6 Å². The van der Waals surface area contributed by atoms with Crippen molar-refractivity contribution in [1.29, 1.82) is 0 Å². The number of rotatable bonds is 4. The first kappa shape index (κ1) is 25.4. The Balaban J connectivity index is 1.83. The second kappa shape index (κ2) is 9.94. The molecule has 3 aromatic rings. The highest BCUT2D eigenvalue weighted by Crippen LogP contribution is 2.40. The Labute approximate surface area is 199 Å². The molecule has 13 heteroatoms. The van der Waals surface area contributed by atoms with Gasteiger partial charge in [0.1, 0.15) is 11.6 Å². The minimum atomic E-state index is -5.19. The van der Waals surface area contributed by atoms with Gasteiger partial charge in [0.05, 0.1) is 11.7 Å². The zero-order chi connectivity index (χ0) is 25.2. The predicted molar refractivity (Wildman–Crippen MR) is 117 cm³/mol. The summed E-state index contributed by atoms with van der Waals surface area (Å²) in [5, 5.41) is 2.25. The third-order valence-electron chi connectivity index (χ3n) is 4.53. The smallest absolute Gasteiger partial charge is 0.329 e. The molecule has 0 spiro atoms. The van der Waals surface area contributed by atoms with Crippen molar-refractivity contribution in [2.45, 2.75) is 26.1 Å². The summed E-state index contributed by atoms with van der Waals surface area (Å²) in [6.07, 6.45) is -3.93. The minimum absolute atomic E-state index is 0.0987. The lowest BCUT2D eigenvalue weighted by molar-refractivity contribution is -0.174. The Morgan fingerprint density at radius 3 is 2.38 bits per heavy atom. The Morgan fingerprint density at radius 1 is 1.09 bits per heavy atom. The van der Waals surface area contributed by atoms with Gasteiger partial charge in [0, 0.05) is 32.1 Å². The van der Waals surface area contributed by atoms with E-state index in [-0.39, 0.29) is 21.8 Å². The molecule has 0 radical (unpaired) electrons. The number of aryl methyl sites for hydroxylation is 1. The van der Waals surface area contributed by atoms with Crippen molar-refractivity contribution in [1.82, 2.24) is 21.2 Å². The number of aromatic nitrogens is 1. The highest BCUT2D eigenvalue weighted by atomic mass is 35.5. The van der Waals surface area contributed by atoms with Gasteiger partial charge in [-0.1, -0.05) is 11.6 Å². The average molecular weight is 519 g/mol. The van der Waals surface area contributed by atoms with E-state index in [0.29, 0.717) is 10.4 Å². The SMILES string of the molecule is Cc1ccc(-c2c(F)cc(Cl)cc2-c2cnc([C@@H](C)NC(=O)NNC(=O)C(F)(F)F)c(F)c2)s1. The number of nitrogens with zero attached hydrogens (tertiary/aromatic N) is 1. The number of alkyl halides is 3. The number of carbonyl (C=O) groups excluding carboxylic acids is 2. The molecule has 0 aliphatic heterocycles. The molecule has 3 amide bonds. The van der Waals surface area contributed by atoms with Crippen LogP contribution in [0.15, 0.2) is 36.5 Å². The third-order valence-corrected chi connectivity index (χ3v) is 5.76. The highest BCUT2D eigenvalue weighted by molar-refractivity contribution is 7.15. The number of carbonyl (C=O) groups is 2. The molecule has 2 heterocycles. The molecular formula is C21H16ClF5N4O2S. The fourth-order valence-electron chi connectivity index (χ4n) is 3.02. The minimum Gasteiger partial charge on any atom is -0.329 e. The Bertz CT molecular complexity index is 1250. The van der Waals surface area contributed by atoms with Crippen LogP contribution in [0.1, 0.15) is 23.5 Å². The normalized spacial score (nSPS) is 12.2. The first-order chi connectivity index (χ1) is 15.9. The summed E-state index contributed by atoms with van der Waals surface area (Å²) in [7, 11) is 0. The second-order valence-electron chi connectivity index (χ2n) is 7.08. The van der Waals surface area contributed by atoms with Crippen molar-refractivity contribution >= 4 is 34.9 Å². The highest BCUT2D eigenvalue weighted by Gasteiger charge is 2.39. The van der Waals surface area contributed by atoms with Gasteiger partial charge in [-0.25, -0.2) is 19.0 Å².